The van der Waals surface area contributed by atoms with Crippen molar-refractivity contribution < 1.29 is 9.59 Å². The Labute approximate surface area is 727 Å². The van der Waals surface area contributed by atoms with E-state index in [4.69, 9.17) is 17.5 Å². The predicted molar refractivity (Wildman–Crippen MR) is 512 cm³/mol. The number of carbonyl (C=O) groups is 2. The van der Waals surface area contributed by atoms with Gasteiger partial charge in [0.05, 0.1) is 67.9 Å². The topological polar surface area (TPSA) is 85.7 Å². The van der Waals surface area contributed by atoms with Crippen LogP contribution in [0.2, 0.25) is 0 Å². The van der Waals surface area contributed by atoms with Crippen LogP contribution in [-0.4, -0.2) is 30.1 Å². The highest BCUT2D eigenvalue weighted by Gasteiger charge is 2.56. The van der Waals surface area contributed by atoms with Crippen molar-refractivity contribution in [1.29, 1.82) is 0 Å². The van der Waals surface area contributed by atoms with Crippen molar-refractivity contribution in [1.82, 2.24) is 17.5 Å². The fraction of sp³-hybridized carbons (Fsp3) is 0.481. The summed E-state index contributed by atoms with van der Waals surface area (Å²) in [6.07, 6.45) is 49.2. The number of aldehydes is 2. The predicted octanol–water partition coefficient (Wildman–Crippen LogP) is 33.0. The van der Waals surface area contributed by atoms with E-state index in [-0.39, 0.29) is 0 Å². The molecular weight excluding hydrogens is 1560 g/mol. The van der Waals surface area contributed by atoms with Gasteiger partial charge >= 0.3 is 0 Å². The summed E-state index contributed by atoms with van der Waals surface area (Å²) in [5, 5.41) is 0. The van der Waals surface area contributed by atoms with Crippen LogP contribution in [0, 0.1) is 0 Å². The van der Waals surface area contributed by atoms with Gasteiger partial charge in [0.15, 0.2) is 12.6 Å². The minimum atomic E-state index is -0.736. The van der Waals surface area contributed by atoms with E-state index in [1.54, 1.807) is 0 Å². The van der Waals surface area contributed by atoms with Crippen LogP contribution < -0.4 is 0 Å². The molecule has 0 unspecified atom stereocenters. The number of carbonyl (C=O) groups excluding carboxylic acids is 2. The molecule has 0 saturated heterocycles. The maximum atomic E-state index is 13.0. The molecule has 15 rings (SSSR count). The van der Waals surface area contributed by atoms with Crippen LogP contribution >= 0.6 is 80.1 Å². The zero-order valence-electron chi connectivity index (χ0n) is 71.3. The largest absolute Gasteiger partial charge is 0.298 e. The molecule has 0 fully saturated rings. The quantitative estimate of drug-likeness (QED) is 0.0279. The molecule has 6 aromatic carbocycles. The van der Waals surface area contributed by atoms with Gasteiger partial charge in [-0.1, -0.05) is 294 Å². The van der Waals surface area contributed by atoms with Gasteiger partial charge in [0.2, 0.25) is 0 Å². The molecule has 0 atom stereocenters. The van der Waals surface area contributed by atoms with Gasteiger partial charge in [0.1, 0.15) is 22.1 Å². The lowest BCUT2D eigenvalue weighted by Gasteiger charge is -2.35. The third-order valence-electron chi connectivity index (χ3n) is 25.7. The average molecular weight is 1690 g/mol. The molecule has 0 N–H and O–H groups in total. The lowest BCUT2D eigenvalue weighted by atomic mass is 9.65. The van der Waals surface area contributed by atoms with E-state index in [0.29, 0.717) is 22.2 Å². The van der Waals surface area contributed by atoms with Crippen LogP contribution in [0.4, 0.5) is 0 Å². The van der Waals surface area contributed by atoms with Crippen LogP contribution in [0.3, 0.4) is 0 Å². The number of nitrogens with zero attached hydrogens (tertiary/aromatic N) is 4. The molecule has 13 heteroatoms. The van der Waals surface area contributed by atoms with Gasteiger partial charge in [0, 0.05) is 53.4 Å². The minimum absolute atomic E-state index is 0.588. The molecule has 0 spiro atoms. The molecule has 0 aliphatic heterocycles. The third-order valence-corrected chi connectivity index (χ3v) is 33.3. The fourth-order valence-corrected chi connectivity index (χ4v) is 28.2. The Kier molecular flexibility index (Phi) is 29.4. The number of thiophene rings is 5. The van der Waals surface area contributed by atoms with Gasteiger partial charge in [-0.25, -0.2) is 0 Å². The standard InChI is InChI=1S/C104H124N4O2S7/c1-9-17-25-33-41-69-53-70(42-34-26-18-10-2)58-79(57-69)103(80-59-71(43-35-27-19-11-3)54-72(60-80)44-36-28-20-12-4)85-65-86(83-51-49-77(67-109)92-94(83)107-116-105-92)111-96(85)98-90(103)100-102(114-98)91-101(115-100)99-89(97-88(113-99)66-87(112-97)84-52-50-78(68-110)93-95(84)108-117-106-93)104(91,81-61-73(45-37-29-21-13-5)55-74(62-81)46-38-30-22-14-6)82-63-75(47-39-31-23-15-7)56-76(64-82)48-40-32-24-16-8/h49-68H,9-48H2,1-8H3. The van der Waals surface area contributed by atoms with Crippen LogP contribution in [-0.2, 0) is 62.2 Å². The first-order chi connectivity index (χ1) is 57.6. The Morgan fingerprint density at radius 2 is 0.564 bits per heavy atom. The second kappa shape index (κ2) is 40.3. The van der Waals surface area contributed by atoms with Gasteiger partial charge in [-0.05, 0) is 199 Å². The molecule has 0 saturated carbocycles. The summed E-state index contributed by atoms with van der Waals surface area (Å²) in [6.45, 7) is 18.8. The molecule has 6 nitrogen and oxygen atoms in total. The van der Waals surface area contributed by atoms with E-state index >= 15 is 0 Å². The van der Waals surface area contributed by atoms with E-state index in [9.17, 15) is 9.59 Å². The summed E-state index contributed by atoms with van der Waals surface area (Å²) in [4.78, 5) is 33.7. The van der Waals surface area contributed by atoms with Crippen molar-refractivity contribution in [2.45, 2.75) is 323 Å². The molecule has 614 valence electrons. The van der Waals surface area contributed by atoms with Gasteiger partial charge in [-0.15, -0.1) is 56.7 Å². The van der Waals surface area contributed by atoms with Crippen LogP contribution in [0.15, 0.2) is 109 Å². The van der Waals surface area contributed by atoms with Crippen LogP contribution in [0.1, 0.15) is 371 Å². The Bertz CT molecular complexity index is 5280. The number of fused-ring (bicyclic) bond motifs is 13. The van der Waals surface area contributed by atoms with Crippen molar-refractivity contribution in [3.05, 3.63) is 209 Å². The van der Waals surface area contributed by atoms with E-state index < -0.39 is 10.8 Å². The third kappa shape index (κ3) is 17.6. The SMILES string of the molecule is CCCCCCc1cc(CCCCCC)cc(C2(c3cc(CCCCCC)cc(CCCCCC)c3)c3cc(-c4ccc(C=O)c5nsnc45)sc3-c3sc4c5c(sc4c32)-c2sc3cc(-c4ccc(C=O)c6nsnc46)sc3c2C5(c2cc(CCCCCC)cc(CCCCCC)c2)c2cc(CCCCCC)cc(CCCCCC)c2)c1. The van der Waals surface area contributed by atoms with Crippen molar-refractivity contribution in [2.75, 3.05) is 0 Å². The first-order valence-electron chi connectivity index (χ1n) is 45.9. The zero-order chi connectivity index (χ0) is 80.8. The summed E-state index contributed by atoms with van der Waals surface area (Å²) in [5.41, 5.74) is 28.2. The molecule has 2 aliphatic rings. The highest BCUT2D eigenvalue weighted by molar-refractivity contribution is 7.37. The smallest absolute Gasteiger partial charge is 0.152 e. The first-order valence-corrected chi connectivity index (χ1v) is 51.4. The molecule has 7 aromatic heterocycles. The number of aromatic nitrogens is 4. The van der Waals surface area contributed by atoms with E-state index in [0.717, 1.165) is 86.1 Å². The second-order valence-electron chi connectivity index (χ2n) is 34.4. The number of benzene rings is 6. The normalized spacial score (nSPS) is 13.3. The molecule has 0 amide bonds. The lowest BCUT2D eigenvalue weighted by Crippen LogP contribution is -2.30. The van der Waals surface area contributed by atoms with Gasteiger partial charge in [-0.2, -0.15) is 17.5 Å². The van der Waals surface area contributed by atoms with Crippen molar-refractivity contribution in [3.8, 4) is 40.4 Å². The molecule has 0 bridgehead atoms. The highest BCUT2D eigenvalue weighted by atomic mass is 32.1. The van der Waals surface area contributed by atoms with E-state index in [1.165, 1.54) is 366 Å². The Morgan fingerprint density at radius 1 is 0.274 bits per heavy atom. The Hall–Kier alpha value is -6.68. The Balaban J connectivity index is 1.11. The zero-order valence-corrected chi connectivity index (χ0v) is 77.0. The summed E-state index contributed by atoms with van der Waals surface area (Å²) in [5.74, 6) is 0. The van der Waals surface area contributed by atoms with Gasteiger partial charge in [-0.3, -0.25) is 9.59 Å². The van der Waals surface area contributed by atoms with Crippen molar-refractivity contribution >= 4 is 134 Å². The molecule has 117 heavy (non-hydrogen) atoms. The minimum Gasteiger partial charge on any atom is -0.298 e. The van der Waals surface area contributed by atoms with Gasteiger partial charge in [0.25, 0.3) is 0 Å². The number of hydrogen-bond acceptors (Lipinski definition) is 13. The second-order valence-corrected chi connectivity index (χ2v) is 40.7. The Morgan fingerprint density at radius 3 is 0.897 bits per heavy atom. The lowest BCUT2D eigenvalue weighted by molar-refractivity contribution is 0.111. The van der Waals surface area contributed by atoms with Crippen molar-refractivity contribution in [3.63, 3.8) is 0 Å². The molecule has 7 heterocycles. The molecular formula is C104H124N4O2S7. The number of hydrogen-bond donors (Lipinski definition) is 0. The van der Waals surface area contributed by atoms with Crippen molar-refractivity contribution in [2.24, 2.45) is 0 Å². The summed E-state index contributed by atoms with van der Waals surface area (Å²) >= 11 is 12.7. The van der Waals surface area contributed by atoms with Crippen LogP contribution in [0.25, 0.3) is 81.3 Å². The summed E-state index contributed by atoms with van der Waals surface area (Å²) in [6, 6.07) is 46.1. The molecule has 0 radical (unpaired) electrons. The first kappa shape index (κ1) is 85.3. The van der Waals surface area contributed by atoms with E-state index in [2.05, 4.69) is 175 Å². The highest BCUT2D eigenvalue weighted by Crippen LogP contribution is 2.72. The number of rotatable bonds is 48. The maximum absolute atomic E-state index is 13.0. The van der Waals surface area contributed by atoms with Gasteiger partial charge < -0.3 is 0 Å². The summed E-state index contributed by atoms with van der Waals surface area (Å²) in [7, 11) is 0. The number of unbranched alkanes of at least 4 members (excludes halogenated alkanes) is 24. The van der Waals surface area contributed by atoms with E-state index in [1.807, 2.05) is 46.1 Å². The monoisotopic (exact) mass is 1680 g/mol. The fourth-order valence-electron chi connectivity index (χ4n) is 19.7. The molecule has 2 aliphatic carbocycles. The average Bonchev–Trinajstić information content (AvgIpc) is 1.48. The number of aryl methyl sites for hydroxylation is 8. The maximum Gasteiger partial charge on any atom is 0.152 e. The molecule has 13 aromatic rings. The summed E-state index contributed by atoms with van der Waals surface area (Å²) < 4.78 is 25.3. The van der Waals surface area contributed by atoms with Crippen LogP contribution in [0.5, 0.6) is 0 Å².